The number of hydrogen-bond donors (Lipinski definition) is 0. The van der Waals surface area contributed by atoms with Crippen LogP contribution in [0, 0.1) is 6.07 Å². The monoisotopic (exact) mass is 231 g/mol. The van der Waals surface area contributed by atoms with Crippen LogP contribution in [0.15, 0.2) is 42.5 Å². The van der Waals surface area contributed by atoms with Crippen molar-refractivity contribution in [1.82, 2.24) is 0 Å². The van der Waals surface area contributed by atoms with Crippen LogP contribution in [0.2, 0.25) is 0 Å². The zero-order valence-electron chi connectivity index (χ0n) is 8.53. The second-order valence-electron chi connectivity index (χ2n) is 3.81. The van der Waals surface area contributed by atoms with E-state index in [1.165, 1.54) is 22.3 Å². The maximum Gasteiger partial charge on any atom is 2.00 e. The third kappa shape index (κ3) is 1.44. The zero-order valence-corrected chi connectivity index (χ0v) is 9.80. The first-order chi connectivity index (χ1) is 6.88. The van der Waals surface area contributed by atoms with E-state index >= 15 is 0 Å². The van der Waals surface area contributed by atoms with Gasteiger partial charge in [0.15, 0.2) is 0 Å². The van der Waals surface area contributed by atoms with Gasteiger partial charge in [-0.25, -0.2) is 0 Å². The minimum absolute atomic E-state index is 0. The second kappa shape index (κ2) is 3.85. The molecule has 1 atom stereocenters. The van der Waals surface area contributed by atoms with Crippen molar-refractivity contribution in [1.29, 1.82) is 0 Å². The summed E-state index contributed by atoms with van der Waals surface area (Å²) in [6.07, 6.45) is 0. The Morgan fingerprint density at radius 1 is 1.00 bits per heavy atom. The van der Waals surface area contributed by atoms with Gasteiger partial charge >= 0.3 is 17.4 Å². The van der Waals surface area contributed by atoms with Gasteiger partial charge in [-0.05, 0) is 11.5 Å². The molecule has 1 aliphatic carbocycles. The first kappa shape index (κ1) is 10.5. The van der Waals surface area contributed by atoms with Gasteiger partial charge in [0.25, 0.3) is 0 Å². The van der Waals surface area contributed by atoms with Crippen LogP contribution in [-0.4, -0.2) is 0 Å². The van der Waals surface area contributed by atoms with Gasteiger partial charge in [-0.2, -0.15) is 24.3 Å². The van der Waals surface area contributed by atoms with Crippen LogP contribution in [-0.2, 0) is 17.4 Å². The minimum Gasteiger partial charge on any atom is -0.179 e. The first-order valence-electron chi connectivity index (χ1n) is 4.98. The molecule has 2 aromatic rings. The summed E-state index contributed by atoms with van der Waals surface area (Å²) in [4.78, 5) is 0. The molecule has 0 bridgehead atoms. The Balaban J connectivity index is 0.000000853. The predicted octanol–water partition coefficient (Wildman–Crippen LogP) is 3.62. The maximum absolute atomic E-state index is 3.35. The van der Waals surface area contributed by atoms with Gasteiger partial charge in [0, 0.05) is 0 Å². The van der Waals surface area contributed by atoms with E-state index in [-0.39, 0.29) is 17.4 Å². The first-order valence-corrected chi connectivity index (χ1v) is 4.98. The average molecular weight is 231 g/mol. The molecule has 2 aromatic carbocycles. The summed E-state index contributed by atoms with van der Waals surface area (Å²) in [5, 5.41) is 0. The van der Waals surface area contributed by atoms with E-state index in [0.717, 1.165) is 0 Å². The van der Waals surface area contributed by atoms with Crippen LogP contribution in [0.5, 0.6) is 0 Å². The zero-order chi connectivity index (χ0) is 9.54. The number of fused-ring (bicyclic) bond motifs is 3. The molecule has 0 aromatic heterocycles. The molecule has 0 saturated carbocycles. The van der Waals surface area contributed by atoms with E-state index in [4.69, 9.17) is 0 Å². The van der Waals surface area contributed by atoms with E-state index in [2.05, 4.69) is 49.4 Å². The molecule has 0 aliphatic heterocycles. The summed E-state index contributed by atoms with van der Waals surface area (Å²) in [6, 6.07) is 18.2. The van der Waals surface area contributed by atoms with Crippen LogP contribution in [0.25, 0.3) is 11.1 Å². The summed E-state index contributed by atoms with van der Waals surface area (Å²) >= 11 is 0. The molecule has 3 rings (SSSR count). The van der Waals surface area contributed by atoms with Gasteiger partial charge in [0.05, 0.1) is 0 Å². The molecule has 72 valence electrons. The quantitative estimate of drug-likeness (QED) is 0.607. The van der Waals surface area contributed by atoms with Crippen molar-refractivity contribution in [3.05, 3.63) is 59.7 Å². The standard InChI is InChI=1S/C14H11.Cr/c1-10-11-6-2-4-8-13(11)14-9-5-3-7-12(10)14;/h2-6,8-10H,1H3;/q-1;+2. The predicted molar refractivity (Wildman–Crippen MR) is 58.2 cm³/mol. The summed E-state index contributed by atoms with van der Waals surface area (Å²) < 4.78 is 0. The molecule has 0 amide bonds. The Bertz CT molecular complexity index is 443. The third-order valence-electron chi connectivity index (χ3n) is 3.04. The fourth-order valence-corrected chi connectivity index (χ4v) is 2.32. The normalized spacial score (nSPS) is 16.5. The molecule has 0 N–H and O–H groups in total. The molecule has 0 heterocycles. The largest absolute Gasteiger partial charge is 2.00 e. The SMILES string of the molecule is CC1c2[c-]cccc2-c2ccccc21.[Cr+2]. The van der Waals surface area contributed by atoms with Crippen molar-refractivity contribution in [2.45, 2.75) is 12.8 Å². The van der Waals surface area contributed by atoms with E-state index in [9.17, 15) is 0 Å². The van der Waals surface area contributed by atoms with Gasteiger partial charge in [0.1, 0.15) is 0 Å². The topological polar surface area (TPSA) is 0 Å². The van der Waals surface area contributed by atoms with Crippen LogP contribution >= 0.6 is 0 Å². The van der Waals surface area contributed by atoms with Gasteiger partial charge in [-0.1, -0.05) is 36.8 Å². The van der Waals surface area contributed by atoms with E-state index in [1.54, 1.807) is 0 Å². The molecule has 0 nitrogen and oxygen atoms in total. The van der Waals surface area contributed by atoms with Crippen molar-refractivity contribution < 1.29 is 17.4 Å². The smallest absolute Gasteiger partial charge is 0.179 e. The van der Waals surface area contributed by atoms with Crippen molar-refractivity contribution in [3.8, 4) is 11.1 Å². The van der Waals surface area contributed by atoms with Crippen molar-refractivity contribution in [3.63, 3.8) is 0 Å². The Morgan fingerprint density at radius 3 is 2.60 bits per heavy atom. The molecule has 1 aliphatic rings. The molecular weight excluding hydrogens is 220 g/mol. The summed E-state index contributed by atoms with van der Waals surface area (Å²) in [6.45, 7) is 2.25. The van der Waals surface area contributed by atoms with Crippen LogP contribution in [0.1, 0.15) is 24.0 Å². The van der Waals surface area contributed by atoms with Crippen LogP contribution in [0.3, 0.4) is 0 Å². The summed E-state index contributed by atoms with van der Waals surface area (Å²) in [5.74, 6) is 0.502. The second-order valence-corrected chi connectivity index (χ2v) is 3.81. The number of rotatable bonds is 0. The molecule has 15 heavy (non-hydrogen) atoms. The Hall–Kier alpha value is -1.03. The molecule has 0 spiro atoms. The summed E-state index contributed by atoms with van der Waals surface area (Å²) in [5.41, 5.74) is 5.51. The Labute approximate surface area is 101 Å². The molecule has 0 saturated heterocycles. The van der Waals surface area contributed by atoms with Crippen molar-refractivity contribution in [2.75, 3.05) is 0 Å². The minimum atomic E-state index is 0. The molecule has 1 unspecified atom stereocenters. The van der Waals surface area contributed by atoms with Gasteiger partial charge in [-0.3, -0.25) is 0 Å². The van der Waals surface area contributed by atoms with Crippen LogP contribution < -0.4 is 0 Å². The van der Waals surface area contributed by atoms with Gasteiger partial charge < -0.3 is 0 Å². The summed E-state index contributed by atoms with van der Waals surface area (Å²) in [7, 11) is 0. The fraction of sp³-hybridized carbons (Fsp3) is 0.143. The van der Waals surface area contributed by atoms with Crippen LogP contribution in [0.4, 0.5) is 0 Å². The molecular formula is C14H11Cr+. The molecule has 0 radical (unpaired) electrons. The van der Waals surface area contributed by atoms with E-state index in [1.807, 2.05) is 6.07 Å². The van der Waals surface area contributed by atoms with Crippen molar-refractivity contribution in [2.24, 2.45) is 0 Å². The average Bonchev–Trinajstić information content (AvgIpc) is 2.55. The maximum atomic E-state index is 3.35. The van der Waals surface area contributed by atoms with Gasteiger partial charge in [0.2, 0.25) is 0 Å². The van der Waals surface area contributed by atoms with Crippen molar-refractivity contribution >= 4 is 0 Å². The fourth-order valence-electron chi connectivity index (χ4n) is 2.32. The molecule has 1 heteroatoms. The number of benzene rings is 2. The van der Waals surface area contributed by atoms with E-state index < -0.39 is 0 Å². The third-order valence-corrected chi connectivity index (χ3v) is 3.04. The van der Waals surface area contributed by atoms with E-state index in [0.29, 0.717) is 5.92 Å². The molecule has 0 fully saturated rings. The Morgan fingerprint density at radius 2 is 1.73 bits per heavy atom. The number of hydrogen-bond acceptors (Lipinski definition) is 0. The van der Waals surface area contributed by atoms with Gasteiger partial charge in [-0.15, -0.1) is 11.1 Å². The Kier molecular flexibility index (Phi) is 2.69.